The van der Waals surface area contributed by atoms with Crippen molar-refractivity contribution in [2.24, 2.45) is 5.41 Å². The molecule has 1 aromatic carbocycles. The lowest BCUT2D eigenvalue weighted by Gasteiger charge is -2.20. The Morgan fingerprint density at radius 1 is 1.28 bits per heavy atom. The second kappa shape index (κ2) is 7.76. The summed E-state index contributed by atoms with van der Waals surface area (Å²) in [5.41, 5.74) is -0.689. The van der Waals surface area contributed by atoms with E-state index in [2.05, 4.69) is 10.3 Å². The lowest BCUT2D eigenvalue weighted by atomic mass is 9.78. The van der Waals surface area contributed by atoms with Gasteiger partial charge in [-0.05, 0) is 25.5 Å². The summed E-state index contributed by atoms with van der Waals surface area (Å²) in [5.74, 6) is -1.05. The normalized spacial score (nSPS) is 28.6. The average molecular weight is 416 g/mol. The molecule has 0 saturated carbocycles. The first-order chi connectivity index (χ1) is 13.9. The maximum Gasteiger partial charge on any atom is 0.324 e. The fraction of sp³-hybridized carbons (Fsp3) is 0.476. The minimum absolute atomic E-state index is 0.219. The number of cyclic esters (lactones) is 2. The van der Waals surface area contributed by atoms with Gasteiger partial charge < -0.3 is 19.5 Å². The number of carbonyl (C=O) groups is 2. The van der Waals surface area contributed by atoms with Gasteiger partial charge in [-0.25, -0.2) is 4.98 Å². The molecule has 2 aliphatic heterocycles. The molecule has 4 rings (SSSR count). The van der Waals surface area contributed by atoms with Gasteiger partial charge in [-0.15, -0.1) is 11.3 Å². The molecule has 154 valence electrons. The van der Waals surface area contributed by atoms with E-state index in [1.165, 1.54) is 11.3 Å². The molecule has 29 heavy (non-hydrogen) atoms. The predicted molar refractivity (Wildman–Crippen MR) is 108 cm³/mol. The fourth-order valence-corrected chi connectivity index (χ4v) is 4.74. The molecule has 0 bridgehead atoms. The van der Waals surface area contributed by atoms with Crippen LogP contribution >= 0.6 is 11.3 Å². The van der Waals surface area contributed by atoms with Gasteiger partial charge in [0, 0.05) is 30.5 Å². The van der Waals surface area contributed by atoms with Crippen molar-refractivity contribution in [1.82, 2.24) is 4.98 Å². The Morgan fingerprint density at radius 3 is 2.83 bits per heavy atom. The van der Waals surface area contributed by atoms with E-state index in [1.807, 2.05) is 42.6 Å². The van der Waals surface area contributed by atoms with E-state index < -0.39 is 29.1 Å². The van der Waals surface area contributed by atoms with Gasteiger partial charge in [-0.3, -0.25) is 9.59 Å². The Labute approximate surface area is 173 Å². The molecule has 1 N–H and O–H groups in total. The van der Waals surface area contributed by atoms with Crippen LogP contribution in [-0.2, 0) is 29.4 Å². The highest BCUT2D eigenvalue weighted by Crippen LogP contribution is 2.52. The summed E-state index contributed by atoms with van der Waals surface area (Å²) >= 11 is 1.43. The number of ether oxygens (including phenoxy) is 3. The number of thiazole rings is 1. The first-order valence-electron chi connectivity index (χ1n) is 9.75. The molecule has 8 heteroatoms. The fourth-order valence-electron chi connectivity index (χ4n) is 3.89. The Balaban J connectivity index is 1.49. The molecule has 2 aliphatic rings. The summed E-state index contributed by atoms with van der Waals surface area (Å²) in [6, 6.07) is 9.71. The number of benzene rings is 1. The van der Waals surface area contributed by atoms with Gasteiger partial charge in [0.05, 0.1) is 12.3 Å². The molecule has 7 nitrogen and oxygen atoms in total. The van der Waals surface area contributed by atoms with Gasteiger partial charge in [-0.1, -0.05) is 25.1 Å². The Bertz CT molecular complexity index is 901. The van der Waals surface area contributed by atoms with Gasteiger partial charge in [-0.2, -0.15) is 0 Å². The van der Waals surface area contributed by atoms with E-state index in [0.717, 1.165) is 12.1 Å². The van der Waals surface area contributed by atoms with Gasteiger partial charge in [0.2, 0.25) is 0 Å². The minimum atomic E-state index is -1.27. The van der Waals surface area contributed by atoms with Crippen LogP contribution in [0.3, 0.4) is 0 Å². The quantitative estimate of drug-likeness (QED) is 0.418. The van der Waals surface area contributed by atoms with E-state index >= 15 is 0 Å². The molecular formula is C21H24N2O5S. The zero-order chi connectivity index (χ0) is 20.5. The zero-order valence-electron chi connectivity index (χ0n) is 16.5. The smallest absolute Gasteiger partial charge is 0.324 e. The van der Waals surface area contributed by atoms with E-state index in [-0.39, 0.29) is 12.8 Å². The summed E-state index contributed by atoms with van der Waals surface area (Å²) in [5, 5.41) is 5.80. The first kappa shape index (κ1) is 19.8. The van der Waals surface area contributed by atoms with Crippen molar-refractivity contribution in [1.29, 1.82) is 0 Å². The molecule has 0 amide bonds. The van der Waals surface area contributed by atoms with Crippen molar-refractivity contribution < 1.29 is 23.8 Å². The SMILES string of the molecule is CCCOC[C@@H]1C[C@]2(C[C@](C)(c3csc(Nc4ccccc4)n3)OC2=O)C(=O)O1. The Morgan fingerprint density at radius 2 is 2.07 bits per heavy atom. The summed E-state index contributed by atoms with van der Waals surface area (Å²) in [6.07, 6.45) is 0.962. The highest BCUT2D eigenvalue weighted by Gasteiger charge is 2.65. The van der Waals surface area contributed by atoms with Crippen molar-refractivity contribution in [3.8, 4) is 0 Å². The number of hydrogen-bond acceptors (Lipinski definition) is 8. The van der Waals surface area contributed by atoms with Crippen molar-refractivity contribution in [3.05, 3.63) is 41.4 Å². The monoisotopic (exact) mass is 416 g/mol. The topological polar surface area (TPSA) is 86.8 Å². The number of esters is 2. The molecule has 3 heterocycles. The highest BCUT2D eigenvalue weighted by atomic mass is 32.1. The molecule has 2 aromatic rings. The van der Waals surface area contributed by atoms with Crippen molar-refractivity contribution in [3.63, 3.8) is 0 Å². The number of nitrogens with one attached hydrogen (secondary N) is 1. The Hall–Kier alpha value is -2.45. The van der Waals surface area contributed by atoms with E-state index in [9.17, 15) is 9.59 Å². The molecule has 0 radical (unpaired) electrons. The summed E-state index contributed by atoms with van der Waals surface area (Å²) < 4.78 is 16.7. The standard InChI is InChI=1S/C21H24N2O5S/c1-3-9-26-11-15-10-21(17(24)27-15)13-20(2,28-18(21)25)16-12-29-19(23-16)22-14-7-5-4-6-8-14/h4-8,12,15H,3,9-11,13H2,1-2H3,(H,22,23)/t15-,20+,21-/m0/s1. The lowest BCUT2D eigenvalue weighted by molar-refractivity contribution is -0.160. The first-order valence-corrected chi connectivity index (χ1v) is 10.6. The minimum Gasteiger partial charge on any atom is -0.459 e. The van der Waals surface area contributed by atoms with E-state index in [4.69, 9.17) is 14.2 Å². The highest BCUT2D eigenvalue weighted by molar-refractivity contribution is 7.13. The number of hydrogen-bond donors (Lipinski definition) is 1. The molecule has 1 aromatic heterocycles. The van der Waals surface area contributed by atoms with Crippen LogP contribution in [0.2, 0.25) is 0 Å². The second-order valence-corrected chi connectivity index (χ2v) is 8.57. The molecule has 0 unspecified atom stereocenters. The predicted octanol–water partition coefficient (Wildman–Crippen LogP) is 3.78. The maximum absolute atomic E-state index is 12.8. The number of aromatic nitrogens is 1. The summed E-state index contributed by atoms with van der Waals surface area (Å²) in [7, 11) is 0. The van der Waals surface area contributed by atoms with Crippen LogP contribution in [0.1, 0.15) is 38.8 Å². The number of para-hydroxylation sites is 1. The van der Waals surface area contributed by atoms with Crippen molar-refractivity contribution in [2.45, 2.75) is 44.8 Å². The van der Waals surface area contributed by atoms with Gasteiger partial charge in [0.1, 0.15) is 6.10 Å². The lowest BCUT2D eigenvalue weighted by Crippen LogP contribution is -2.32. The van der Waals surface area contributed by atoms with Crippen LogP contribution in [0.4, 0.5) is 10.8 Å². The maximum atomic E-state index is 12.8. The summed E-state index contributed by atoms with van der Waals surface area (Å²) in [4.78, 5) is 30.0. The van der Waals surface area contributed by atoms with Gasteiger partial charge in [0.15, 0.2) is 16.1 Å². The van der Waals surface area contributed by atoms with E-state index in [0.29, 0.717) is 24.0 Å². The molecule has 1 spiro atoms. The second-order valence-electron chi connectivity index (χ2n) is 7.71. The molecular weight excluding hydrogens is 392 g/mol. The summed E-state index contributed by atoms with van der Waals surface area (Å²) in [6.45, 7) is 4.71. The zero-order valence-corrected chi connectivity index (χ0v) is 17.3. The van der Waals surface area contributed by atoms with Crippen LogP contribution in [0, 0.1) is 5.41 Å². The number of rotatable bonds is 7. The average Bonchev–Trinajstić information content (AvgIpc) is 3.35. The Kier molecular flexibility index (Phi) is 5.31. The van der Waals surface area contributed by atoms with Crippen molar-refractivity contribution >= 4 is 34.1 Å². The van der Waals surface area contributed by atoms with Crippen LogP contribution < -0.4 is 5.32 Å². The number of carbonyl (C=O) groups excluding carboxylic acids is 2. The van der Waals surface area contributed by atoms with Gasteiger partial charge in [0.25, 0.3) is 0 Å². The van der Waals surface area contributed by atoms with E-state index in [1.54, 1.807) is 6.92 Å². The third-order valence-corrected chi connectivity index (χ3v) is 6.07. The largest absolute Gasteiger partial charge is 0.459 e. The van der Waals surface area contributed by atoms with Crippen LogP contribution in [0.15, 0.2) is 35.7 Å². The van der Waals surface area contributed by atoms with Crippen LogP contribution in [0.5, 0.6) is 0 Å². The van der Waals surface area contributed by atoms with Crippen molar-refractivity contribution in [2.75, 3.05) is 18.5 Å². The molecule has 0 aliphatic carbocycles. The third-order valence-electron chi connectivity index (χ3n) is 5.31. The number of anilines is 2. The molecule has 3 atom stereocenters. The third kappa shape index (κ3) is 3.74. The van der Waals surface area contributed by atoms with Gasteiger partial charge >= 0.3 is 11.9 Å². The number of nitrogens with zero attached hydrogens (tertiary/aromatic N) is 1. The van der Waals surface area contributed by atoms with Crippen LogP contribution in [-0.4, -0.2) is 36.2 Å². The molecule has 2 fully saturated rings. The van der Waals surface area contributed by atoms with Crippen LogP contribution in [0.25, 0.3) is 0 Å². The molecule has 2 saturated heterocycles.